The van der Waals surface area contributed by atoms with Gasteiger partial charge in [-0.3, -0.25) is 10.1 Å². The average Bonchev–Trinajstić information content (AvgIpc) is 2.91. The van der Waals surface area contributed by atoms with Crippen molar-refractivity contribution in [3.8, 4) is 11.5 Å². The number of benzene rings is 1. The third kappa shape index (κ3) is 3.94. The number of nitro groups is 1. The lowest BCUT2D eigenvalue weighted by Gasteiger charge is -2.05. The van der Waals surface area contributed by atoms with Crippen molar-refractivity contribution in [3.05, 3.63) is 40.0 Å². The molecule has 8 heteroatoms. The Morgan fingerprint density at radius 3 is 2.82 bits per heavy atom. The number of hydrogen-bond donors (Lipinski definition) is 0. The summed E-state index contributed by atoms with van der Waals surface area (Å²) in [6, 6.07) is 4.36. The van der Waals surface area contributed by atoms with Crippen molar-refractivity contribution >= 4 is 5.69 Å². The highest BCUT2D eigenvalue weighted by Gasteiger charge is 2.18. The molecule has 0 radical (unpaired) electrons. The quantitative estimate of drug-likeness (QED) is 0.572. The molecule has 22 heavy (non-hydrogen) atoms. The van der Waals surface area contributed by atoms with Crippen molar-refractivity contribution in [2.45, 2.75) is 26.9 Å². The van der Waals surface area contributed by atoms with E-state index in [0.29, 0.717) is 23.9 Å². The minimum atomic E-state index is -0.532. The van der Waals surface area contributed by atoms with E-state index in [9.17, 15) is 10.1 Å². The molecule has 2 aromatic rings. The summed E-state index contributed by atoms with van der Waals surface area (Å²) in [5.74, 6) is 1.79. The van der Waals surface area contributed by atoms with Crippen LogP contribution < -0.4 is 9.47 Å². The molecule has 0 N–H and O–H groups in total. The molecule has 0 aliphatic carbocycles. The molecule has 1 aromatic heterocycles. The van der Waals surface area contributed by atoms with Gasteiger partial charge in [-0.05, 0) is 18.1 Å². The molecule has 0 amide bonds. The molecular formula is C14H17N3O5. The Balaban J connectivity index is 2.07. The van der Waals surface area contributed by atoms with E-state index in [1.54, 1.807) is 6.07 Å². The summed E-state index contributed by atoms with van der Waals surface area (Å²) in [7, 11) is 1.44. The van der Waals surface area contributed by atoms with Gasteiger partial charge in [0.05, 0.1) is 18.1 Å². The molecule has 0 aliphatic heterocycles. The van der Waals surface area contributed by atoms with Crippen molar-refractivity contribution in [1.29, 1.82) is 0 Å². The molecule has 0 fully saturated rings. The van der Waals surface area contributed by atoms with E-state index in [2.05, 4.69) is 10.1 Å². The molecule has 0 bridgehead atoms. The maximum absolute atomic E-state index is 11.0. The molecule has 0 aliphatic rings. The third-order valence-corrected chi connectivity index (χ3v) is 2.81. The van der Waals surface area contributed by atoms with E-state index < -0.39 is 4.92 Å². The highest BCUT2D eigenvalue weighted by atomic mass is 16.6. The second kappa shape index (κ2) is 6.88. The van der Waals surface area contributed by atoms with Crippen molar-refractivity contribution < 1.29 is 18.9 Å². The number of aromatic nitrogens is 2. The van der Waals surface area contributed by atoms with Crippen LogP contribution in [0.2, 0.25) is 0 Å². The van der Waals surface area contributed by atoms with Crippen LogP contribution in [0, 0.1) is 16.0 Å². The monoisotopic (exact) mass is 307 g/mol. The minimum absolute atomic E-state index is 0.0295. The fourth-order valence-electron chi connectivity index (χ4n) is 1.83. The highest BCUT2D eigenvalue weighted by Crippen LogP contribution is 2.31. The number of hydrogen-bond acceptors (Lipinski definition) is 7. The number of ether oxygens (including phenoxy) is 2. The molecule has 0 atom stereocenters. The standard InChI is InChI=1S/C14H17N3O5/c1-9(2)6-13-15-14(22-16-13)8-21-12-5-4-10(20-3)7-11(12)17(18)19/h4-5,7,9H,6,8H2,1-3H3. The maximum Gasteiger partial charge on any atom is 0.314 e. The Hall–Kier alpha value is -2.64. The zero-order valence-electron chi connectivity index (χ0n) is 12.6. The van der Waals surface area contributed by atoms with Crippen molar-refractivity contribution in [2.24, 2.45) is 5.92 Å². The van der Waals surface area contributed by atoms with Gasteiger partial charge in [-0.15, -0.1) is 0 Å². The summed E-state index contributed by atoms with van der Waals surface area (Å²) in [5, 5.41) is 14.9. The molecule has 0 spiro atoms. The summed E-state index contributed by atoms with van der Waals surface area (Å²) < 4.78 is 15.4. The molecule has 0 saturated heterocycles. The lowest BCUT2D eigenvalue weighted by atomic mass is 10.1. The van der Waals surface area contributed by atoms with Crippen LogP contribution in [0.1, 0.15) is 25.6 Å². The van der Waals surface area contributed by atoms with E-state index in [1.807, 2.05) is 13.8 Å². The van der Waals surface area contributed by atoms with Gasteiger partial charge in [-0.25, -0.2) is 0 Å². The number of nitrogens with zero attached hydrogens (tertiary/aromatic N) is 3. The van der Waals surface area contributed by atoms with Gasteiger partial charge < -0.3 is 14.0 Å². The summed E-state index contributed by atoms with van der Waals surface area (Å²) in [6.45, 7) is 4.07. The lowest BCUT2D eigenvalue weighted by Crippen LogP contribution is -2.01. The Morgan fingerprint density at radius 1 is 1.41 bits per heavy atom. The molecule has 0 saturated carbocycles. The summed E-state index contributed by atoms with van der Waals surface area (Å²) >= 11 is 0. The number of methoxy groups -OCH3 is 1. The molecule has 1 aromatic carbocycles. The topological polar surface area (TPSA) is 101 Å². The van der Waals surface area contributed by atoms with Crippen LogP contribution >= 0.6 is 0 Å². The van der Waals surface area contributed by atoms with Gasteiger partial charge in [0, 0.05) is 6.42 Å². The highest BCUT2D eigenvalue weighted by molar-refractivity contribution is 5.50. The first kappa shape index (κ1) is 15.7. The molecule has 8 nitrogen and oxygen atoms in total. The first-order valence-electron chi connectivity index (χ1n) is 6.76. The van der Waals surface area contributed by atoms with Crippen LogP contribution in [-0.4, -0.2) is 22.2 Å². The van der Waals surface area contributed by atoms with Gasteiger partial charge in [0.25, 0.3) is 5.89 Å². The third-order valence-electron chi connectivity index (χ3n) is 2.81. The van der Waals surface area contributed by atoms with E-state index in [-0.39, 0.29) is 23.9 Å². The largest absolute Gasteiger partial charge is 0.496 e. The summed E-state index contributed by atoms with van der Waals surface area (Å²) in [5.41, 5.74) is -0.179. The van der Waals surface area contributed by atoms with Crippen molar-refractivity contribution in [1.82, 2.24) is 10.1 Å². The smallest absolute Gasteiger partial charge is 0.314 e. The minimum Gasteiger partial charge on any atom is -0.496 e. The predicted molar refractivity (Wildman–Crippen MR) is 76.8 cm³/mol. The van der Waals surface area contributed by atoms with Gasteiger partial charge in [-0.2, -0.15) is 4.98 Å². The number of nitro benzene ring substituents is 1. The Labute approximate surface area is 127 Å². The average molecular weight is 307 g/mol. The molecule has 2 rings (SSSR count). The maximum atomic E-state index is 11.0. The second-order valence-corrected chi connectivity index (χ2v) is 5.08. The van der Waals surface area contributed by atoms with Gasteiger partial charge in [-0.1, -0.05) is 19.0 Å². The molecule has 0 unspecified atom stereocenters. The van der Waals surface area contributed by atoms with Crippen LogP contribution in [0.15, 0.2) is 22.7 Å². The van der Waals surface area contributed by atoms with Crippen LogP contribution in [-0.2, 0) is 13.0 Å². The predicted octanol–water partition coefficient (Wildman–Crippen LogP) is 2.76. The van der Waals surface area contributed by atoms with Crippen molar-refractivity contribution in [3.63, 3.8) is 0 Å². The van der Waals surface area contributed by atoms with Crippen LogP contribution in [0.3, 0.4) is 0 Å². The van der Waals surface area contributed by atoms with Gasteiger partial charge in [0.15, 0.2) is 18.2 Å². The van der Waals surface area contributed by atoms with Crippen LogP contribution in [0.4, 0.5) is 5.69 Å². The van der Waals surface area contributed by atoms with Crippen LogP contribution in [0.25, 0.3) is 0 Å². The summed E-state index contributed by atoms with van der Waals surface area (Å²) in [4.78, 5) is 14.7. The normalized spacial score (nSPS) is 10.7. The fraction of sp³-hybridized carbons (Fsp3) is 0.429. The van der Waals surface area contributed by atoms with Gasteiger partial charge in [0.2, 0.25) is 0 Å². The molecule has 1 heterocycles. The van der Waals surface area contributed by atoms with Gasteiger partial charge in [0.1, 0.15) is 5.75 Å². The second-order valence-electron chi connectivity index (χ2n) is 5.08. The lowest BCUT2D eigenvalue weighted by molar-refractivity contribution is -0.386. The fourth-order valence-corrected chi connectivity index (χ4v) is 1.83. The SMILES string of the molecule is COc1ccc(OCc2nc(CC(C)C)no2)c([N+](=O)[O-])c1. The zero-order chi connectivity index (χ0) is 16.1. The molecule has 118 valence electrons. The van der Waals surface area contributed by atoms with Gasteiger partial charge >= 0.3 is 5.69 Å². The Morgan fingerprint density at radius 2 is 2.18 bits per heavy atom. The van der Waals surface area contributed by atoms with Crippen molar-refractivity contribution in [2.75, 3.05) is 7.11 Å². The first-order valence-corrected chi connectivity index (χ1v) is 6.76. The van der Waals surface area contributed by atoms with Crippen LogP contribution in [0.5, 0.6) is 11.5 Å². The first-order chi connectivity index (χ1) is 10.5. The van der Waals surface area contributed by atoms with E-state index in [0.717, 1.165) is 0 Å². The van der Waals surface area contributed by atoms with E-state index in [4.69, 9.17) is 14.0 Å². The van der Waals surface area contributed by atoms with E-state index >= 15 is 0 Å². The summed E-state index contributed by atoms with van der Waals surface area (Å²) in [6.07, 6.45) is 0.701. The Kier molecular flexibility index (Phi) is 4.92. The zero-order valence-corrected chi connectivity index (χ0v) is 12.6. The number of rotatable bonds is 7. The molecular weight excluding hydrogens is 290 g/mol. The Bertz CT molecular complexity index is 654. The van der Waals surface area contributed by atoms with E-state index in [1.165, 1.54) is 19.2 Å².